The fraction of sp³-hybridized carbons (Fsp3) is 0.407. The van der Waals surface area contributed by atoms with Crippen LogP contribution in [0.2, 0.25) is 0 Å². The van der Waals surface area contributed by atoms with Crippen LogP contribution in [0, 0.1) is 0 Å². The van der Waals surface area contributed by atoms with Gasteiger partial charge in [-0.25, -0.2) is 0 Å². The predicted molar refractivity (Wildman–Crippen MR) is 134 cm³/mol. The highest BCUT2D eigenvalue weighted by atomic mass is 16.5. The summed E-state index contributed by atoms with van der Waals surface area (Å²) in [5, 5.41) is 11.2. The maximum Gasteiger partial charge on any atom is 0.295 e. The van der Waals surface area contributed by atoms with Gasteiger partial charge in [0.05, 0.1) is 31.9 Å². The van der Waals surface area contributed by atoms with Crippen molar-refractivity contribution in [2.24, 2.45) is 0 Å². The van der Waals surface area contributed by atoms with Crippen molar-refractivity contribution in [1.29, 1.82) is 0 Å². The molecule has 0 aromatic heterocycles. The zero-order valence-electron chi connectivity index (χ0n) is 21.0. The van der Waals surface area contributed by atoms with Crippen LogP contribution in [0.3, 0.4) is 0 Å². The van der Waals surface area contributed by atoms with Crippen LogP contribution in [-0.2, 0) is 9.59 Å². The molecule has 35 heavy (non-hydrogen) atoms. The van der Waals surface area contributed by atoms with Crippen molar-refractivity contribution >= 4 is 17.4 Å². The standard InChI is InChI=1S/C27H34N2O6/c1-6-34-20-12-9-18(10-13-20)25(30)23-24(19-11-14-21(35-7-2)22(17-19)33-5)29(27(32)26(23)31)16-8-15-28(3)4/h9-14,17,24,30H,6-8,15-16H2,1-5H3/b25-23-. The fourth-order valence-electron chi connectivity index (χ4n) is 4.17. The van der Waals surface area contributed by atoms with Gasteiger partial charge in [0.25, 0.3) is 11.7 Å². The Morgan fingerprint density at radius 1 is 1.00 bits per heavy atom. The first-order valence-corrected chi connectivity index (χ1v) is 11.8. The average molecular weight is 483 g/mol. The van der Waals surface area contributed by atoms with Crippen LogP contribution in [0.4, 0.5) is 0 Å². The van der Waals surface area contributed by atoms with E-state index in [0.29, 0.717) is 54.6 Å². The second kappa shape index (κ2) is 11.8. The molecule has 1 saturated heterocycles. The molecule has 188 valence electrons. The third-order valence-corrected chi connectivity index (χ3v) is 5.79. The van der Waals surface area contributed by atoms with Crippen LogP contribution in [-0.4, -0.2) is 74.1 Å². The first-order valence-electron chi connectivity index (χ1n) is 11.8. The lowest BCUT2D eigenvalue weighted by Crippen LogP contribution is -2.32. The SMILES string of the molecule is CCOc1ccc(/C(O)=C2/C(=O)C(=O)N(CCCN(C)C)C2c2ccc(OCC)c(OC)c2)cc1. The van der Waals surface area contributed by atoms with E-state index in [0.717, 1.165) is 6.54 Å². The number of methoxy groups -OCH3 is 1. The monoisotopic (exact) mass is 482 g/mol. The Bertz CT molecular complexity index is 1080. The van der Waals surface area contributed by atoms with E-state index in [1.54, 1.807) is 42.5 Å². The van der Waals surface area contributed by atoms with Gasteiger partial charge in [-0.15, -0.1) is 0 Å². The topological polar surface area (TPSA) is 88.5 Å². The van der Waals surface area contributed by atoms with E-state index < -0.39 is 17.7 Å². The van der Waals surface area contributed by atoms with Crippen LogP contribution >= 0.6 is 0 Å². The minimum atomic E-state index is -0.756. The summed E-state index contributed by atoms with van der Waals surface area (Å²) in [5.41, 5.74) is 1.14. The Balaban J connectivity index is 2.10. The van der Waals surface area contributed by atoms with Gasteiger partial charge in [-0.05, 0) is 82.9 Å². The Hall–Kier alpha value is -3.52. The van der Waals surface area contributed by atoms with Gasteiger partial charge in [0.2, 0.25) is 0 Å². The van der Waals surface area contributed by atoms with E-state index in [1.807, 2.05) is 32.8 Å². The van der Waals surface area contributed by atoms with Crippen LogP contribution in [0.25, 0.3) is 5.76 Å². The number of hydrogen-bond donors (Lipinski definition) is 1. The molecule has 1 fully saturated rings. The summed E-state index contributed by atoms with van der Waals surface area (Å²) >= 11 is 0. The number of aliphatic hydroxyl groups excluding tert-OH is 1. The molecule has 0 bridgehead atoms. The highest BCUT2D eigenvalue weighted by Crippen LogP contribution is 2.42. The lowest BCUT2D eigenvalue weighted by molar-refractivity contribution is -0.139. The van der Waals surface area contributed by atoms with E-state index in [2.05, 4.69) is 0 Å². The molecule has 1 aliphatic rings. The third-order valence-electron chi connectivity index (χ3n) is 5.79. The summed E-state index contributed by atoms with van der Waals surface area (Å²) < 4.78 is 16.6. The minimum Gasteiger partial charge on any atom is -0.507 e. The molecule has 1 heterocycles. The zero-order valence-corrected chi connectivity index (χ0v) is 21.0. The molecule has 8 heteroatoms. The maximum absolute atomic E-state index is 13.2. The number of benzene rings is 2. The van der Waals surface area contributed by atoms with E-state index in [4.69, 9.17) is 14.2 Å². The number of rotatable bonds is 11. The second-order valence-corrected chi connectivity index (χ2v) is 8.45. The normalized spacial score (nSPS) is 17.2. The number of ketones is 1. The lowest BCUT2D eigenvalue weighted by atomic mass is 9.95. The molecule has 3 rings (SSSR count). The van der Waals surface area contributed by atoms with Crippen molar-refractivity contribution < 1.29 is 28.9 Å². The largest absolute Gasteiger partial charge is 0.507 e. The van der Waals surface area contributed by atoms with Crippen molar-refractivity contribution in [3.8, 4) is 17.2 Å². The van der Waals surface area contributed by atoms with Crippen LogP contribution in [0.1, 0.15) is 37.4 Å². The number of amides is 1. The molecule has 2 aromatic rings. The molecule has 8 nitrogen and oxygen atoms in total. The quantitative estimate of drug-likeness (QED) is 0.296. The molecule has 1 N–H and O–H groups in total. The summed E-state index contributed by atoms with van der Waals surface area (Å²) in [4.78, 5) is 29.9. The summed E-state index contributed by atoms with van der Waals surface area (Å²) in [5.74, 6) is 0.146. The smallest absolute Gasteiger partial charge is 0.295 e. The second-order valence-electron chi connectivity index (χ2n) is 8.45. The predicted octanol–water partition coefficient (Wildman–Crippen LogP) is 3.87. The third kappa shape index (κ3) is 5.77. The van der Waals surface area contributed by atoms with Crippen molar-refractivity contribution in [2.45, 2.75) is 26.3 Å². The van der Waals surface area contributed by atoms with Crippen molar-refractivity contribution in [3.63, 3.8) is 0 Å². The average Bonchev–Trinajstić information content (AvgIpc) is 3.09. The summed E-state index contributed by atoms with van der Waals surface area (Å²) in [7, 11) is 5.44. The number of Topliss-reactive ketones (excluding diaryl/α,β-unsaturated/α-hetero) is 1. The number of carbonyl (C=O) groups is 2. The fourth-order valence-corrected chi connectivity index (χ4v) is 4.17. The van der Waals surface area contributed by atoms with Gasteiger partial charge in [0, 0.05) is 12.1 Å². The number of hydrogen-bond acceptors (Lipinski definition) is 7. The van der Waals surface area contributed by atoms with E-state index in [1.165, 1.54) is 12.0 Å². The molecular weight excluding hydrogens is 448 g/mol. The molecule has 1 unspecified atom stereocenters. The van der Waals surface area contributed by atoms with Gasteiger partial charge in [0.15, 0.2) is 11.5 Å². The Morgan fingerprint density at radius 3 is 2.29 bits per heavy atom. The number of nitrogens with zero attached hydrogens (tertiary/aromatic N) is 2. The molecular formula is C27H34N2O6. The number of carbonyl (C=O) groups excluding carboxylic acids is 2. The first kappa shape index (κ1) is 26.1. The number of ether oxygens (including phenoxy) is 3. The van der Waals surface area contributed by atoms with Crippen molar-refractivity contribution in [3.05, 3.63) is 59.2 Å². The molecule has 1 amide bonds. The van der Waals surface area contributed by atoms with Crippen LogP contribution in [0.5, 0.6) is 17.2 Å². The molecule has 1 aliphatic heterocycles. The molecule has 0 radical (unpaired) electrons. The maximum atomic E-state index is 13.2. The molecule has 1 atom stereocenters. The number of likely N-dealkylation sites (tertiary alicyclic amines) is 1. The molecule has 0 aliphatic carbocycles. The zero-order chi connectivity index (χ0) is 25.5. The van der Waals surface area contributed by atoms with Gasteiger partial charge in [-0.1, -0.05) is 6.07 Å². The summed E-state index contributed by atoms with van der Waals surface area (Å²) in [6, 6.07) is 11.4. The molecule has 0 spiro atoms. The highest BCUT2D eigenvalue weighted by molar-refractivity contribution is 6.46. The highest BCUT2D eigenvalue weighted by Gasteiger charge is 2.46. The van der Waals surface area contributed by atoms with Crippen molar-refractivity contribution in [1.82, 2.24) is 9.80 Å². The minimum absolute atomic E-state index is 0.0511. The van der Waals surface area contributed by atoms with Gasteiger partial charge < -0.3 is 29.1 Å². The van der Waals surface area contributed by atoms with E-state index >= 15 is 0 Å². The van der Waals surface area contributed by atoms with Crippen LogP contribution < -0.4 is 14.2 Å². The summed E-state index contributed by atoms with van der Waals surface area (Å²) in [6.07, 6.45) is 0.674. The summed E-state index contributed by atoms with van der Waals surface area (Å²) in [6.45, 7) is 5.87. The Kier molecular flexibility index (Phi) is 8.76. The Labute approximate surface area is 206 Å². The lowest BCUT2D eigenvalue weighted by Gasteiger charge is -2.26. The molecule has 0 saturated carbocycles. The number of aliphatic hydroxyl groups is 1. The van der Waals surface area contributed by atoms with Crippen LogP contribution in [0.15, 0.2) is 48.0 Å². The van der Waals surface area contributed by atoms with Gasteiger partial charge in [-0.2, -0.15) is 0 Å². The van der Waals surface area contributed by atoms with Crippen molar-refractivity contribution in [2.75, 3.05) is 47.5 Å². The van der Waals surface area contributed by atoms with E-state index in [-0.39, 0.29) is 11.3 Å². The van der Waals surface area contributed by atoms with Gasteiger partial charge in [-0.3, -0.25) is 9.59 Å². The first-order chi connectivity index (χ1) is 16.8. The molecule has 2 aromatic carbocycles. The van der Waals surface area contributed by atoms with Gasteiger partial charge in [0.1, 0.15) is 11.5 Å². The van der Waals surface area contributed by atoms with E-state index in [9.17, 15) is 14.7 Å². The van der Waals surface area contributed by atoms with Gasteiger partial charge >= 0.3 is 0 Å². The Morgan fingerprint density at radius 2 is 1.69 bits per heavy atom.